The highest BCUT2D eigenvalue weighted by molar-refractivity contribution is 14.1. The summed E-state index contributed by atoms with van der Waals surface area (Å²) in [5.74, 6) is 0. The number of hydrogen-bond acceptors (Lipinski definition) is 4. The van der Waals surface area contributed by atoms with E-state index in [-0.39, 0.29) is 13.6 Å². The summed E-state index contributed by atoms with van der Waals surface area (Å²) in [4.78, 5) is 0.221. The third kappa shape index (κ3) is 2.75. The lowest BCUT2D eigenvalue weighted by Crippen LogP contribution is -2.01. The lowest BCUT2D eigenvalue weighted by Gasteiger charge is -2.05. The maximum Gasteiger partial charge on any atom is 0.187 e. The van der Waals surface area contributed by atoms with Gasteiger partial charge in [0, 0.05) is 4.90 Å². The summed E-state index contributed by atoms with van der Waals surface area (Å²) in [6.07, 6.45) is 0. The number of rotatable bonds is 3. The van der Waals surface area contributed by atoms with Crippen molar-refractivity contribution < 1.29 is 17.2 Å². The Morgan fingerprint density at radius 3 is 2.14 bits per heavy atom. The van der Waals surface area contributed by atoms with Crippen molar-refractivity contribution >= 4 is 43.5 Å². The maximum atomic E-state index is 11.3. The van der Waals surface area contributed by atoms with Gasteiger partial charge in [-0.25, -0.2) is 8.42 Å². The molecule has 0 bridgehead atoms. The fraction of sp³-hybridized carbons (Fsp3) is 0.143. The molecule has 0 saturated heterocycles. The average molecular weight is 345 g/mol. The molecule has 1 atom stereocenters. The molecule has 0 aliphatic heterocycles. The first kappa shape index (κ1) is 12.1. The van der Waals surface area contributed by atoms with E-state index in [1.54, 1.807) is 22.6 Å². The van der Waals surface area contributed by atoms with Crippen LogP contribution in [-0.4, -0.2) is 20.9 Å². The van der Waals surface area contributed by atoms with Gasteiger partial charge in [0.15, 0.2) is 9.84 Å². The van der Waals surface area contributed by atoms with Crippen molar-refractivity contribution in [2.45, 2.75) is 9.79 Å². The van der Waals surface area contributed by atoms with Gasteiger partial charge in [-0.15, -0.1) is 0 Å². The van der Waals surface area contributed by atoms with Crippen molar-refractivity contribution in [3.8, 4) is 0 Å². The molecule has 0 amide bonds. The first-order valence-corrected chi connectivity index (χ1v) is 7.70. The predicted molar refractivity (Wildman–Crippen MR) is 59.7 cm³/mol. The number of alkyl halides is 1. The largest absolute Gasteiger partial charge is 0.768 e. The summed E-state index contributed by atoms with van der Waals surface area (Å²) in [6.45, 7) is 0. The molecule has 0 spiro atoms. The maximum absolute atomic E-state index is 11.3. The van der Waals surface area contributed by atoms with Crippen molar-refractivity contribution in [3.63, 3.8) is 0 Å². The molecule has 0 fully saturated rings. The summed E-state index contributed by atoms with van der Waals surface area (Å²) in [5, 5.41) is 0. The standard InChI is InChI=1S/C7H7IO4S2/c8-5-14(11,12)7-3-1-6(2-4-7)13(9)10/h1-4H,5H2,(H,9,10)/p-1. The van der Waals surface area contributed by atoms with Crippen LogP contribution in [0, 0.1) is 0 Å². The Hall–Kier alpha value is 0.01000. The fourth-order valence-corrected chi connectivity index (χ4v) is 2.93. The van der Waals surface area contributed by atoms with Crippen molar-refractivity contribution in [1.29, 1.82) is 0 Å². The average Bonchev–Trinajstić information content (AvgIpc) is 2.18. The van der Waals surface area contributed by atoms with Crippen LogP contribution >= 0.6 is 22.6 Å². The van der Waals surface area contributed by atoms with Crippen molar-refractivity contribution in [1.82, 2.24) is 0 Å². The molecule has 1 rings (SSSR count). The predicted octanol–water partition coefficient (Wildman–Crippen LogP) is 1.09. The van der Waals surface area contributed by atoms with Crippen molar-refractivity contribution in [3.05, 3.63) is 24.3 Å². The van der Waals surface area contributed by atoms with Gasteiger partial charge in [-0.1, -0.05) is 22.6 Å². The Morgan fingerprint density at radius 1 is 1.29 bits per heavy atom. The molecule has 0 heterocycles. The summed E-state index contributed by atoms with van der Waals surface area (Å²) < 4.78 is 43.6. The van der Waals surface area contributed by atoms with Crippen LogP contribution in [0.4, 0.5) is 0 Å². The SMILES string of the molecule is O=S([O-])c1ccc(S(=O)(=O)CI)cc1. The van der Waals surface area contributed by atoms with Crippen LogP contribution in [0.5, 0.6) is 0 Å². The summed E-state index contributed by atoms with van der Waals surface area (Å²) in [7, 11) is -3.25. The van der Waals surface area contributed by atoms with E-state index in [4.69, 9.17) is 0 Å². The number of benzene rings is 1. The third-order valence-corrected chi connectivity index (χ3v) is 5.91. The molecular formula is C7H6IO4S2-. The van der Waals surface area contributed by atoms with Crippen molar-refractivity contribution in [2.75, 3.05) is 3.76 Å². The van der Waals surface area contributed by atoms with Crippen LogP contribution in [0.1, 0.15) is 0 Å². The highest BCUT2D eigenvalue weighted by atomic mass is 127. The van der Waals surface area contributed by atoms with Crippen molar-refractivity contribution in [2.24, 2.45) is 0 Å². The molecule has 0 saturated carbocycles. The van der Waals surface area contributed by atoms with Gasteiger partial charge in [0.2, 0.25) is 0 Å². The van der Waals surface area contributed by atoms with Gasteiger partial charge in [0.1, 0.15) is 3.76 Å². The fourth-order valence-electron chi connectivity index (χ4n) is 0.821. The Bertz CT molecular complexity index is 437. The second kappa shape index (κ2) is 4.69. The normalized spacial score (nSPS) is 13.9. The van der Waals surface area contributed by atoms with Crippen LogP contribution in [-0.2, 0) is 20.9 Å². The summed E-state index contributed by atoms with van der Waals surface area (Å²) in [6, 6.07) is 5.11. The minimum atomic E-state index is -3.25. The molecule has 1 unspecified atom stereocenters. The molecule has 0 aromatic heterocycles. The zero-order valence-corrected chi connectivity index (χ0v) is 10.6. The number of halogens is 1. The molecule has 78 valence electrons. The molecule has 0 aliphatic rings. The van der Waals surface area contributed by atoms with Gasteiger partial charge >= 0.3 is 0 Å². The molecule has 1 aromatic rings. The Labute approximate surface area is 98.1 Å². The minimum Gasteiger partial charge on any atom is -0.768 e. The lowest BCUT2D eigenvalue weighted by atomic mass is 10.4. The topological polar surface area (TPSA) is 74.3 Å². The second-order valence-corrected chi connectivity index (χ2v) is 7.16. The van der Waals surface area contributed by atoms with Gasteiger partial charge in [-0.2, -0.15) is 0 Å². The van der Waals surface area contributed by atoms with Gasteiger partial charge in [-0.3, -0.25) is 4.21 Å². The molecular weight excluding hydrogens is 339 g/mol. The van der Waals surface area contributed by atoms with Crippen LogP contribution in [0.25, 0.3) is 0 Å². The third-order valence-electron chi connectivity index (χ3n) is 1.52. The van der Waals surface area contributed by atoms with E-state index in [1.165, 1.54) is 24.3 Å². The first-order valence-electron chi connectivity index (χ1n) is 3.45. The monoisotopic (exact) mass is 345 g/mol. The van der Waals surface area contributed by atoms with E-state index in [2.05, 4.69) is 0 Å². The van der Waals surface area contributed by atoms with Crippen LogP contribution in [0.15, 0.2) is 34.1 Å². The van der Waals surface area contributed by atoms with Gasteiger partial charge in [0.05, 0.1) is 4.90 Å². The zero-order valence-electron chi connectivity index (χ0n) is 6.84. The van der Waals surface area contributed by atoms with Crippen LogP contribution < -0.4 is 0 Å². The van der Waals surface area contributed by atoms with Gasteiger partial charge in [-0.05, 0) is 35.3 Å². The van der Waals surface area contributed by atoms with Crippen LogP contribution in [0.2, 0.25) is 0 Å². The smallest absolute Gasteiger partial charge is 0.187 e. The van der Waals surface area contributed by atoms with E-state index in [9.17, 15) is 17.2 Å². The lowest BCUT2D eigenvalue weighted by molar-refractivity contribution is 0.537. The quantitative estimate of drug-likeness (QED) is 0.467. The molecule has 14 heavy (non-hydrogen) atoms. The number of sulfone groups is 1. The Balaban J connectivity index is 3.12. The molecule has 7 heteroatoms. The van der Waals surface area contributed by atoms with E-state index >= 15 is 0 Å². The first-order chi connectivity index (χ1) is 6.47. The molecule has 1 aromatic carbocycles. The number of hydrogen-bond donors (Lipinski definition) is 0. The molecule has 4 nitrogen and oxygen atoms in total. The highest BCUT2D eigenvalue weighted by Crippen LogP contribution is 2.15. The van der Waals surface area contributed by atoms with E-state index in [0.29, 0.717) is 0 Å². The summed E-state index contributed by atoms with van der Waals surface area (Å²) >= 11 is -0.567. The Morgan fingerprint density at radius 2 is 1.79 bits per heavy atom. The highest BCUT2D eigenvalue weighted by Gasteiger charge is 2.11. The summed E-state index contributed by atoms with van der Waals surface area (Å²) in [5.41, 5.74) is 0. The molecule has 0 aliphatic carbocycles. The minimum absolute atomic E-state index is 0.0232. The zero-order chi connectivity index (χ0) is 10.8. The van der Waals surface area contributed by atoms with Gasteiger partial charge < -0.3 is 4.55 Å². The van der Waals surface area contributed by atoms with Crippen LogP contribution in [0.3, 0.4) is 0 Å². The van der Waals surface area contributed by atoms with E-state index < -0.39 is 20.9 Å². The molecule has 0 N–H and O–H groups in total. The Kier molecular flexibility index (Phi) is 4.04. The van der Waals surface area contributed by atoms with Gasteiger partial charge in [0.25, 0.3) is 0 Å². The second-order valence-electron chi connectivity index (χ2n) is 2.43. The van der Waals surface area contributed by atoms with E-state index in [0.717, 1.165) is 0 Å². The van der Waals surface area contributed by atoms with E-state index in [1.807, 2.05) is 0 Å². The molecule has 0 radical (unpaired) electrons.